The van der Waals surface area contributed by atoms with Gasteiger partial charge >= 0.3 is 11.9 Å². The zero-order valence-electron chi connectivity index (χ0n) is 12.8. The van der Waals surface area contributed by atoms with E-state index in [2.05, 4.69) is 0 Å². The van der Waals surface area contributed by atoms with Crippen LogP contribution < -0.4 is 0 Å². The van der Waals surface area contributed by atoms with Gasteiger partial charge in [0.15, 0.2) is 0 Å². The summed E-state index contributed by atoms with van der Waals surface area (Å²) in [5.74, 6) is -1.67. The zero-order chi connectivity index (χ0) is 16.2. The number of carboxylic acid groups (broad SMARTS) is 1. The van der Waals surface area contributed by atoms with E-state index in [9.17, 15) is 14.7 Å². The fourth-order valence-electron chi connectivity index (χ4n) is 1.92. The summed E-state index contributed by atoms with van der Waals surface area (Å²) in [7, 11) is 0. The molecule has 0 atom stereocenters. The summed E-state index contributed by atoms with van der Waals surface area (Å²) >= 11 is 2.00. The molecule has 116 valence electrons. The number of hydrogen-bond acceptors (Lipinski definition) is 3. The number of ether oxygens (including phenoxy) is 1. The molecule has 0 unspecified atom stereocenters. The van der Waals surface area contributed by atoms with E-state index in [4.69, 9.17) is 4.74 Å². The first kappa shape index (κ1) is 17.9. The van der Waals surface area contributed by atoms with Gasteiger partial charge in [-0.3, -0.25) is 0 Å². The number of carbonyl (C=O) groups is 2. The lowest BCUT2D eigenvalue weighted by molar-refractivity contribution is 0.0489. The molecule has 0 radical (unpaired) electrons. The Hall–Kier alpha value is -1.11. The van der Waals surface area contributed by atoms with Crippen LogP contribution in [-0.2, 0) is 10.2 Å². The van der Waals surface area contributed by atoms with Gasteiger partial charge in [0.2, 0.25) is 0 Å². The lowest BCUT2D eigenvalue weighted by Gasteiger charge is -2.22. The lowest BCUT2D eigenvalue weighted by Crippen LogP contribution is -2.20. The van der Waals surface area contributed by atoms with Crippen LogP contribution in [0.1, 0.15) is 66.8 Å². The molecule has 0 fully saturated rings. The van der Waals surface area contributed by atoms with Gasteiger partial charge in [-0.05, 0) is 46.1 Å². The third-order valence-corrected chi connectivity index (χ3v) is 4.24. The number of rotatable bonds is 5. The van der Waals surface area contributed by atoms with E-state index in [1.165, 1.54) is 0 Å². The number of carboxylic acids is 1. The highest BCUT2D eigenvalue weighted by Crippen LogP contribution is 2.31. The molecule has 0 spiro atoms. The first-order chi connectivity index (χ1) is 9.70. The summed E-state index contributed by atoms with van der Waals surface area (Å²) in [6, 6.07) is 3.37. The van der Waals surface area contributed by atoms with Crippen LogP contribution in [-0.4, -0.2) is 23.7 Å². The molecule has 0 aromatic heterocycles. The van der Waals surface area contributed by atoms with Crippen molar-refractivity contribution < 1.29 is 19.4 Å². The van der Waals surface area contributed by atoms with Crippen molar-refractivity contribution in [2.24, 2.45) is 0 Å². The van der Waals surface area contributed by atoms with Crippen molar-refractivity contribution in [3.63, 3.8) is 0 Å². The Kier molecular flexibility index (Phi) is 6.19. The van der Waals surface area contributed by atoms with Crippen LogP contribution in [0.4, 0.5) is 0 Å². The minimum atomic E-state index is -1.10. The van der Waals surface area contributed by atoms with Crippen LogP contribution >= 0.6 is 22.6 Å². The second kappa shape index (κ2) is 7.24. The van der Waals surface area contributed by atoms with Crippen LogP contribution in [0.3, 0.4) is 0 Å². The van der Waals surface area contributed by atoms with Crippen LogP contribution in [0.5, 0.6) is 0 Å². The molecule has 0 aliphatic heterocycles. The minimum absolute atomic E-state index is 0.0320. The highest BCUT2D eigenvalue weighted by molar-refractivity contribution is 14.1. The average molecular weight is 404 g/mol. The van der Waals surface area contributed by atoms with Crippen LogP contribution in [0.25, 0.3) is 0 Å². The molecule has 1 rings (SSSR count). The topological polar surface area (TPSA) is 63.6 Å². The van der Waals surface area contributed by atoms with Gasteiger partial charge in [0.1, 0.15) is 0 Å². The lowest BCUT2D eigenvalue weighted by atomic mass is 9.85. The molecule has 0 aliphatic carbocycles. The second-order valence-corrected chi connectivity index (χ2v) is 6.97. The SMILES string of the molecule is CCCCOC(=O)c1ccc(C(C)(C)C)c(I)c1C(=O)O. The quantitative estimate of drug-likeness (QED) is 0.453. The highest BCUT2D eigenvalue weighted by atomic mass is 127. The number of hydrogen-bond donors (Lipinski definition) is 1. The number of benzene rings is 1. The molecule has 1 N–H and O–H groups in total. The maximum Gasteiger partial charge on any atom is 0.339 e. The van der Waals surface area contributed by atoms with Crippen molar-refractivity contribution in [1.29, 1.82) is 0 Å². The van der Waals surface area contributed by atoms with Gasteiger partial charge in [-0.2, -0.15) is 0 Å². The Labute approximate surface area is 139 Å². The molecule has 1 aromatic rings. The first-order valence-corrected chi connectivity index (χ1v) is 8.01. The van der Waals surface area contributed by atoms with Crippen molar-refractivity contribution in [3.05, 3.63) is 32.4 Å². The predicted octanol–water partition coefficient (Wildman–Crippen LogP) is 4.24. The summed E-state index contributed by atoms with van der Waals surface area (Å²) in [6.45, 7) is 8.34. The molecule has 0 amide bonds. The first-order valence-electron chi connectivity index (χ1n) is 6.93. The average Bonchev–Trinajstić information content (AvgIpc) is 2.36. The van der Waals surface area contributed by atoms with E-state index in [0.717, 1.165) is 18.4 Å². The fourth-order valence-corrected chi connectivity index (χ4v) is 3.43. The molecule has 0 saturated carbocycles. The van der Waals surface area contributed by atoms with Gasteiger partial charge < -0.3 is 9.84 Å². The number of halogens is 1. The molecule has 0 bridgehead atoms. The van der Waals surface area contributed by atoms with Crippen molar-refractivity contribution in [2.45, 2.75) is 46.0 Å². The molecule has 1 aromatic carbocycles. The third-order valence-electron chi connectivity index (χ3n) is 3.11. The number of carbonyl (C=O) groups excluding carboxylic acids is 1. The fraction of sp³-hybridized carbons (Fsp3) is 0.500. The summed E-state index contributed by atoms with van der Waals surface area (Å²) in [5.41, 5.74) is 0.872. The molecule has 0 aliphatic rings. The minimum Gasteiger partial charge on any atom is -0.478 e. The van der Waals surface area contributed by atoms with Gasteiger partial charge in [-0.1, -0.05) is 40.2 Å². The molecular weight excluding hydrogens is 383 g/mol. The van der Waals surface area contributed by atoms with E-state index in [1.54, 1.807) is 6.07 Å². The van der Waals surface area contributed by atoms with Crippen molar-refractivity contribution in [3.8, 4) is 0 Å². The van der Waals surface area contributed by atoms with Gasteiger partial charge in [0.05, 0.1) is 17.7 Å². The summed E-state index contributed by atoms with van der Waals surface area (Å²) < 4.78 is 5.73. The number of unbranched alkanes of at least 4 members (excludes halogenated alkanes) is 1. The standard InChI is InChI=1S/C16H21IO4/c1-5-6-9-21-15(20)10-7-8-11(16(2,3)4)13(17)12(10)14(18)19/h7-8H,5-6,9H2,1-4H3,(H,18,19). The van der Waals surface area contributed by atoms with E-state index in [0.29, 0.717) is 10.2 Å². The maximum atomic E-state index is 12.1. The molecule has 0 heterocycles. The molecule has 21 heavy (non-hydrogen) atoms. The monoisotopic (exact) mass is 404 g/mol. The summed E-state index contributed by atoms with van der Waals surface area (Å²) in [5, 5.41) is 9.44. The maximum absolute atomic E-state index is 12.1. The molecule has 4 nitrogen and oxygen atoms in total. The van der Waals surface area contributed by atoms with Crippen molar-refractivity contribution in [2.75, 3.05) is 6.61 Å². The number of esters is 1. The summed E-state index contributed by atoms with van der Waals surface area (Å²) in [4.78, 5) is 23.6. The smallest absolute Gasteiger partial charge is 0.339 e. The van der Waals surface area contributed by atoms with Gasteiger partial charge in [0.25, 0.3) is 0 Å². The van der Waals surface area contributed by atoms with E-state index < -0.39 is 11.9 Å². The van der Waals surface area contributed by atoms with Gasteiger partial charge in [-0.15, -0.1) is 0 Å². The second-order valence-electron chi connectivity index (χ2n) is 5.89. The van der Waals surface area contributed by atoms with Crippen LogP contribution in [0.15, 0.2) is 12.1 Å². The van der Waals surface area contributed by atoms with Crippen LogP contribution in [0.2, 0.25) is 0 Å². The Morgan fingerprint density at radius 3 is 2.38 bits per heavy atom. The largest absolute Gasteiger partial charge is 0.478 e. The van der Waals surface area contributed by atoms with E-state index >= 15 is 0 Å². The van der Waals surface area contributed by atoms with E-state index in [-0.39, 0.29) is 16.5 Å². The highest BCUT2D eigenvalue weighted by Gasteiger charge is 2.27. The Morgan fingerprint density at radius 2 is 1.90 bits per heavy atom. The molecule has 5 heteroatoms. The molecular formula is C16H21IO4. The van der Waals surface area contributed by atoms with Gasteiger partial charge in [0, 0.05) is 3.57 Å². The van der Waals surface area contributed by atoms with Crippen LogP contribution in [0, 0.1) is 3.57 Å². The van der Waals surface area contributed by atoms with Crippen molar-refractivity contribution in [1.82, 2.24) is 0 Å². The zero-order valence-corrected chi connectivity index (χ0v) is 15.0. The summed E-state index contributed by atoms with van der Waals surface area (Å²) in [6.07, 6.45) is 1.69. The predicted molar refractivity (Wildman–Crippen MR) is 90.0 cm³/mol. The normalized spacial score (nSPS) is 11.3. The third kappa shape index (κ3) is 4.43. The molecule has 0 saturated heterocycles. The van der Waals surface area contributed by atoms with Gasteiger partial charge in [-0.25, -0.2) is 9.59 Å². The van der Waals surface area contributed by atoms with E-state index in [1.807, 2.05) is 56.4 Å². The Balaban J connectivity index is 3.26. The Bertz CT molecular complexity index is 544. The Morgan fingerprint density at radius 1 is 1.29 bits per heavy atom. The number of aromatic carboxylic acids is 1. The van der Waals surface area contributed by atoms with Crippen molar-refractivity contribution >= 4 is 34.5 Å².